The van der Waals surface area contributed by atoms with Crippen molar-refractivity contribution in [1.29, 1.82) is 0 Å². The maximum absolute atomic E-state index is 12.4. The minimum atomic E-state index is -0.296. The smallest absolute Gasteiger partial charge is 0.348 e. The van der Waals surface area contributed by atoms with E-state index in [1.54, 1.807) is 0 Å². The average Bonchev–Trinajstić information content (AvgIpc) is 3.05. The highest BCUT2D eigenvalue weighted by Crippen LogP contribution is 2.37. The van der Waals surface area contributed by atoms with Gasteiger partial charge < -0.3 is 14.4 Å². The molecule has 1 atom stereocenters. The summed E-state index contributed by atoms with van der Waals surface area (Å²) in [6.07, 6.45) is -0.0104. The molecule has 1 saturated heterocycles. The average molecular weight is 398 g/mol. The molecule has 0 bridgehead atoms. The molecule has 4 rings (SSSR count). The first-order valence-corrected chi connectivity index (χ1v) is 10.3. The van der Waals surface area contributed by atoms with E-state index in [1.165, 1.54) is 11.3 Å². The standard InChI is InChI=1S/C21H23N3O3S/c1-4-26-21(25)18-13(2)17-19(22-14(3)23-20(17)28-18)24-10-11-27-16(12-24)15-8-6-5-7-9-15/h5-9,16H,4,10-12H2,1-3H3/t16-/m1/s1. The summed E-state index contributed by atoms with van der Waals surface area (Å²) in [4.78, 5) is 25.3. The van der Waals surface area contributed by atoms with Crippen LogP contribution in [0.4, 0.5) is 5.82 Å². The molecule has 28 heavy (non-hydrogen) atoms. The molecule has 1 fully saturated rings. The maximum Gasteiger partial charge on any atom is 0.348 e. The Labute approximate surface area is 168 Å². The number of thiophene rings is 1. The highest BCUT2D eigenvalue weighted by Gasteiger charge is 2.27. The number of hydrogen-bond donors (Lipinski definition) is 0. The number of aromatic nitrogens is 2. The normalized spacial score (nSPS) is 17.1. The molecule has 1 aliphatic rings. The molecule has 0 amide bonds. The van der Waals surface area contributed by atoms with Crippen LogP contribution in [0.3, 0.4) is 0 Å². The van der Waals surface area contributed by atoms with Crippen LogP contribution in [0, 0.1) is 13.8 Å². The second-order valence-electron chi connectivity index (χ2n) is 6.77. The highest BCUT2D eigenvalue weighted by atomic mass is 32.1. The van der Waals surface area contributed by atoms with Crippen LogP contribution in [0.25, 0.3) is 10.2 Å². The number of benzene rings is 1. The van der Waals surface area contributed by atoms with Gasteiger partial charge in [0.1, 0.15) is 27.5 Å². The van der Waals surface area contributed by atoms with Crippen molar-refractivity contribution >= 4 is 33.3 Å². The van der Waals surface area contributed by atoms with Crippen LogP contribution in [0.15, 0.2) is 30.3 Å². The Bertz CT molecular complexity index is 1000. The molecule has 7 heteroatoms. The zero-order valence-corrected chi connectivity index (χ0v) is 17.1. The number of aryl methyl sites for hydroxylation is 2. The lowest BCUT2D eigenvalue weighted by molar-refractivity contribution is 0.0396. The molecular weight excluding hydrogens is 374 g/mol. The first kappa shape index (κ1) is 18.8. The van der Waals surface area contributed by atoms with Crippen molar-refractivity contribution < 1.29 is 14.3 Å². The van der Waals surface area contributed by atoms with E-state index in [-0.39, 0.29) is 12.1 Å². The van der Waals surface area contributed by atoms with Gasteiger partial charge in [0.25, 0.3) is 0 Å². The van der Waals surface area contributed by atoms with Crippen LogP contribution in [0.1, 0.15) is 39.7 Å². The third-order valence-corrected chi connectivity index (χ3v) is 6.05. The van der Waals surface area contributed by atoms with Gasteiger partial charge >= 0.3 is 5.97 Å². The van der Waals surface area contributed by atoms with Gasteiger partial charge in [0, 0.05) is 13.1 Å². The lowest BCUT2D eigenvalue weighted by Gasteiger charge is -2.34. The topological polar surface area (TPSA) is 64.5 Å². The highest BCUT2D eigenvalue weighted by molar-refractivity contribution is 7.20. The van der Waals surface area contributed by atoms with Gasteiger partial charge in [-0.3, -0.25) is 0 Å². The van der Waals surface area contributed by atoms with Gasteiger partial charge in [-0.25, -0.2) is 14.8 Å². The first-order chi connectivity index (χ1) is 13.6. The van der Waals surface area contributed by atoms with E-state index in [1.807, 2.05) is 39.0 Å². The number of nitrogens with zero attached hydrogens (tertiary/aromatic N) is 3. The maximum atomic E-state index is 12.4. The Balaban J connectivity index is 1.74. The minimum Gasteiger partial charge on any atom is -0.462 e. The van der Waals surface area contributed by atoms with Gasteiger partial charge in [-0.1, -0.05) is 30.3 Å². The Morgan fingerprint density at radius 1 is 1.29 bits per heavy atom. The second-order valence-corrected chi connectivity index (χ2v) is 7.77. The van der Waals surface area contributed by atoms with Crippen molar-refractivity contribution in [2.45, 2.75) is 26.9 Å². The summed E-state index contributed by atoms with van der Waals surface area (Å²) in [7, 11) is 0. The van der Waals surface area contributed by atoms with Crippen molar-refractivity contribution in [2.75, 3.05) is 31.2 Å². The van der Waals surface area contributed by atoms with Crippen molar-refractivity contribution in [2.24, 2.45) is 0 Å². The second kappa shape index (κ2) is 7.85. The zero-order chi connectivity index (χ0) is 19.7. The molecule has 0 N–H and O–H groups in total. The summed E-state index contributed by atoms with van der Waals surface area (Å²) < 4.78 is 11.2. The number of carbonyl (C=O) groups excluding carboxylic acids is 1. The summed E-state index contributed by atoms with van der Waals surface area (Å²) >= 11 is 1.38. The lowest BCUT2D eigenvalue weighted by Crippen LogP contribution is -2.39. The van der Waals surface area contributed by atoms with Crippen molar-refractivity contribution in [3.05, 3.63) is 52.2 Å². The fourth-order valence-corrected chi connectivity index (χ4v) is 4.67. The fraction of sp³-hybridized carbons (Fsp3) is 0.381. The summed E-state index contributed by atoms with van der Waals surface area (Å²) in [5, 5.41) is 0.937. The Morgan fingerprint density at radius 2 is 2.07 bits per heavy atom. The predicted molar refractivity (Wildman–Crippen MR) is 110 cm³/mol. The number of esters is 1. The van der Waals surface area contributed by atoms with E-state index in [9.17, 15) is 4.79 Å². The fourth-order valence-electron chi connectivity index (χ4n) is 3.55. The van der Waals surface area contributed by atoms with E-state index >= 15 is 0 Å². The van der Waals surface area contributed by atoms with Gasteiger partial charge in [-0.15, -0.1) is 11.3 Å². The third-order valence-electron chi connectivity index (χ3n) is 4.88. The molecule has 0 spiro atoms. The molecule has 2 aromatic heterocycles. The van der Waals surface area contributed by atoms with Gasteiger partial charge in [0.15, 0.2) is 0 Å². The van der Waals surface area contributed by atoms with Crippen molar-refractivity contribution in [3.8, 4) is 0 Å². The molecule has 6 nitrogen and oxygen atoms in total. The van der Waals surface area contributed by atoms with E-state index in [4.69, 9.17) is 14.5 Å². The molecule has 1 aromatic carbocycles. The minimum absolute atomic E-state index is 0.0104. The Morgan fingerprint density at radius 3 is 2.82 bits per heavy atom. The van der Waals surface area contributed by atoms with Crippen LogP contribution in [0.2, 0.25) is 0 Å². The van der Waals surface area contributed by atoms with Gasteiger partial charge in [-0.05, 0) is 31.9 Å². The molecule has 3 aromatic rings. The van der Waals surface area contributed by atoms with E-state index in [2.05, 4.69) is 22.0 Å². The van der Waals surface area contributed by atoms with Crippen molar-refractivity contribution in [3.63, 3.8) is 0 Å². The van der Waals surface area contributed by atoms with E-state index < -0.39 is 0 Å². The van der Waals surface area contributed by atoms with Crippen LogP contribution in [-0.2, 0) is 9.47 Å². The summed E-state index contributed by atoms with van der Waals surface area (Å²) in [6, 6.07) is 10.2. The summed E-state index contributed by atoms with van der Waals surface area (Å²) in [5.41, 5.74) is 2.04. The number of ether oxygens (including phenoxy) is 2. The third kappa shape index (κ3) is 3.47. The Hall–Kier alpha value is -2.51. The molecule has 0 unspecified atom stereocenters. The lowest BCUT2D eigenvalue weighted by atomic mass is 10.1. The van der Waals surface area contributed by atoms with Crippen molar-refractivity contribution in [1.82, 2.24) is 9.97 Å². The number of rotatable bonds is 4. The van der Waals surface area contributed by atoms with Crippen LogP contribution >= 0.6 is 11.3 Å². The molecule has 146 valence electrons. The molecule has 0 aliphatic carbocycles. The number of fused-ring (bicyclic) bond motifs is 1. The number of hydrogen-bond acceptors (Lipinski definition) is 7. The summed E-state index contributed by atoms with van der Waals surface area (Å²) in [5.74, 6) is 1.27. The molecule has 3 heterocycles. The van der Waals surface area contributed by atoms with Gasteiger partial charge in [0.2, 0.25) is 0 Å². The predicted octanol–water partition coefficient (Wildman–Crippen LogP) is 4.06. The molecule has 0 saturated carbocycles. The SMILES string of the molecule is CCOC(=O)c1sc2nc(C)nc(N3CCO[C@@H](c4ccccc4)C3)c2c1C. The zero-order valence-electron chi connectivity index (χ0n) is 16.3. The van der Waals surface area contributed by atoms with Gasteiger partial charge in [0.05, 0.1) is 18.6 Å². The number of morpholine rings is 1. The number of anilines is 1. The first-order valence-electron chi connectivity index (χ1n) is 9.44. The molecular formula is C21H23N3O3S. The summed E-state index contributed by atoms with van der Waals surface area (Å²) in [6.45, 7) is 8.08. The Kier molecular flexibility index (Phi) is 5.28. The molecule has 0 radical (unpaired) electrons. The van der Waals surface area contributed by atoms with E-state index in [0.29, 0.717) is 30.5 Å². The monoisotopic (exact) mass is 397 g/mol. The van der Waals surface area contributed by atoms with Gasteiger partial charge in [-0.2, -0.15) is 0 Å². The number of carbonyl (C=O) groups is 1. The van der Waals surface area contributed by atoms with Crippen LogP contribution in [0.5, 0.6) is 0 Å². The van der Waals surface area contributed by atoms with E-state index in [0.717, 1.165) is 33.7 Å². The quantitative estimate of drug-likeness (QED) is 0.619. The molecule has 1 aliphatic heterocycles. The van der Waals surface area contributed by atoms with Crippen LogP contribution in [-0.4, -0.2) is 42.2 Å². The van der Waals surface area contributed by atoms with Crippen LogP contribution < -0.4 is 4.90 Å². The largest absolute Gasteiger partial charge is 0.462 e.